The summed E-state index contributed by atoms with van der Waals surface area (Å²) in [5.74, 6) is 0.968. The van der Waals surface area contributed by atoms with E-state index in [1.807, 2.05) is 97.1 Å². The molecule has 0 radical (unpaired) electrons. The lowest BCUT2D eigenvalue weighted by Crippen LogP contribution is -2.40. The molecule has 0 spiro atoms. The number of nitrogens with zero attached hydrogens (tertiary/aromatic N) is 2. The Balaban J connectivity index is 1.57. The predicted octanol–water partition coefficient (Wildman–Crippen LogP) is 5.04. The summed E-state index contributed by atoms with van der Waals surface area (Å²) in [4.78, 5) is 33.2. The minimum atomic E-state index is -0.707. The van der Waals surface area contributed by atoms with Gasteiger partial charge in [-0.2, -0.15) is 0 Å². The fourth-order valence-corrected chi connectivity index (χ4v) is 6.22. The summed E-state index contributed by atoms with van der Waals surface area (Å²) >= 11 is 1.29. The average molecular weight is 562 g/mol. The van der Waals surface area contributed by atoms with Crippen molar-refractivity contribution in [3.8, 4) is 11.5 Å². The number of amides is 1. The highest BCUT2D eigenvalue weighted by atomic mass is 32.1. The third-order valence-electron chi connectivity index (χ3n) is 7.13. The Hall–Kier alpha value is -4.95. The van der Waals surface area contributed by atoms with Gasteiger partial charge in [0.05, 0.1) is 36.1 Å². The van der Waals surface area contributed by atoms with Crippen molar-refractivity contribution < 1.29 is 14.3 Å². The molecule has 0 bridgehead atoms. The van der Waals surface area contributed by atoms with Gasteiger partial charge in [-0.05, 0) is 59.7 Å². The number of fused-ring (bicyclic) bond motifs is 2. The maximum atomic E-state index is 14.2. The van der Waals surface area contributed by atoms with Gasteiger partial charge in [0.25, 0.3) is 11.5 Å². The first-order valence-corrected chi connectivity index (χ1v) is 13.9. The minimum absolute atomic E-state index is 0.242. The smallest absolute Gasteiger partial charge is 0.271 e. The molecule has 1 amide bonds. The molecule has 0 fully saturated rings. The number of carbonyl (C=O) groups excluding carboxylic acids is 1. The van der Waals surface area contributed by atoms with Gasteiger partial charge in [-0.1, -0.05) is 72.0 Å². The molecule has 204 valence electrons. The van der Waals surface area contributed by atoms with Crippen molar-refractivity contribution >= 4 is 39.8 Å². The van der Waals surface area contributed by atoms with Gasteiger partial charge in [0.15, 0.2) is 4.80 Å². The second-order valence-electron chi connectivity index (χ2n) is 9.58. The van der Waals surface area contributed by atoms with Crippen molar-refractivity contribution in [3.63, 3.8) is 0 Å². The Bertz CT molecular complexity index is 2010. The van der Waals surface area contributed by atoms with Crippen LogP contribution in [0, 0.1) is 0 Å². The molecular weight excluding hydrogens is 534 g/mol. The Labute approximate surface area is 240 Å². The van der Waals surface area contributed by atoms with Crippen LogP contribution in [0.3, 0.4) is 0 Å². The van der Waals surface area contributed by atoms with Crippen LogP contribution in [-0.4, -0.2) is 24.7 Å². The third-order valence-corrected chi connectivity index (χ3v) is 8.12. The summed E-state index contributed by atoms with van der Waals surface area (Å²) < 4.78 is 13.3. The first-order valence-electron chi connectivity index (χ1n) is 13.1. The molecule has 5 aromatic rings. The Morgan fingerprint density at radius 3 is 2.51 bits per heavy atom. The van der Waals surface area contributed by atoms with Crippen molar-refractivity contribution in [3.05, 3.63) is 133 Å². The van der Waals surface area contributed by atoms with E-state index < -0.39 is 6.04 Å². The molecule has 0 saturated heterocycles. The van der Waals surface area contributed by atoms with Gasteiger partial charge in [0, 0.05) is 11.3 Å². The molecule has 2 heterocycles. The van der Waals surface area contributed by atoms with Gasteiger partial charge in [-0.3, -0.25) is 14.2 Å². The topological polar surface area (TPSA) is 81.9 Å². The number of nitrogens with one attached hydrogen (secondary N) is 1. The van der Waals surface area contributed by atoms with Gasteiger partial charge in [-0.25, -0.2) is 4.99 Å². The van der Waals surface area contributed by atoms with Crippen LogP contribution in [0.5, 0.6) is 11.5 Å². The summed E-state index contributed by atoms with van der Waals surface area (Å²) in [5, 5.41) is 4.99. The largest absolute Gasteiger partial charge is 0.497 e. The van der Waals surface area contributed by atoms with Gasteiger partial charge >= 0.3 is 0 Å². The second-order valence-corrected chi connectivity index (χ2v) is 10.6. The maximum Gasteiger partial charge on any atom is 0.271 e. The molecule has 1 aromatic heterocycles. The fraction of sp³-hybridized carbons (Fsp3) is 0.121. The van der Waals surface area contributed by atoms with E-state index in [1.165, 1.54) is 11.3 Å². The standard InChI is InChI=1S/C33H27N3O4S/c1-20-29(31(37)35-23-12-5-4-6-13-23)30(22-11-9-14-24(18-22)39-2)36-32(38)28(41-33(36)34-20)19-26-25-15-8-7-10-21(25)16-17-27(26)40-3/h4-19,30H,1-3H3,(H,35,37)/b28-19+/t30-/m1/s1. The number of para-hydroxylation sites is 1. The molecule has 8 heteroatoms. The van der Waals surface area contributed by atoms with E-state index in [-0.39, 0.29) is 11.5 Å². The normalized spacial score (nSPS) is 14.9. The zero-order valence-electron chi connectivity index (χ0n) is 22.8. The highest BCUT2D eigenvalue weighted by molar-refractivity contribution is 7.07. The van der Waals surface area contributed by atoms with E-state index in [0.29, 0.717) is 37.8 Å². The van der Waals surface area contributed by atoms with Gasteiger partial charge in [0.1, 0.15) is 11.5 Å². The van der Waals surface area contributed by atoms with Crippen LogP contribution >= 0.6 is 11.3 Å². The van der Waals surface area contributed by atoms with E-state index >= 15 is 0 Å². The number of thiazole rings is 1. The quantitative estimate of drug-likeness (QED) is 0.315. The number of benzene rings is 4. The number of ether oxygens (including phenoxy) is 2. The number of hydrogen-bond acceptors (Lipinski definition) is 6. The maximum absolute atomic E-state index is 14.2. The number of methoxy groups -OCH3 is 2. The van der Waals surface area contributed by atoms with Crippen LogP contribution in [0.15, 0.2) is 112 Å². The van der Waals surface area contributed by atoms with E-state index in [4.69, 9.17) is 14.5 Å². The zero-order chi connectivity index (χ0) is 28.5. The first kappa shape index (κ1) is 26.3. The van der Waals surface area contributed by atoms with Crippen LogP contribution in [-0.2, 0) is 4.79 Å². The van der Waals surface area contributed by atoms with Crippen LogP contribution in [0.2, 0.25) is 0 Å². The predicted molar refractivity (Wildman–Crippen MR) is 162 cm³/mol. The molecule has 0 unspecified atom stereocenters. The van der Waals surface area contributed by atoms with E-state index in [0.717, 1.165) is 21.9 Å². The molecule has 4 aromatic carbocycles. The van der Waals surface area contributed by atoms with Crippen molar-refractivity contribution in [2.75, 3.05) is 19.5 Å². The highest BCUT2D eigenvalue weighted by Crippen LogP contribution is 2.33. The average Bonchev–Trinajstić information content (AvgIpc) is 3.30. The highest BCUT2D eigenvalue weighted by Gasteiger charge is 2.33. The van der Waals surface area contributed by atoms with Crippen LogP contribution in [0.4, 0.5) is 5.69 Å². The van der Waals surface area contributed by atoms with E-state index in [9.17, 15) is 9.59 Å². The number of hydrogen-bond donors (Lipinski definition) is 1. The third kappa shape index (κ3) is 4.83. The molecule has 1 aliphatic heterocycles. The molecule has 6 rings (SSSR count). The molecule has 0 saturated carbocycles. The van der Waals surface area contributed by atoms with Crippen molar-refractivity contribution in [2.45, 2.75) is 13.0 Å². The fourth-order valence-electron chi connectivity index (χ4n) is 5.19. The Morgan fingerprint density at radius 2 is 1.73 bits per heavy atom. The SMILES string of the molecule is COc1cccc([C@@H]2C(C(=O)Nc3ccccc3)=C(C)N=c3s/c(=C/c4c(OC)ccc5ccccc45)c(=O)n32)c1. The molecule has 41 heavy (non-hydrogen) atoms. The number of carbonyl (C=O) groups is 1. The van der Waals surface area contributed by atoms with Crippen LogP contribution in [0.25, 0.3) is 16.8 Å². The van der Waals surface area contributed by atoms with Gasteiger partial charge in [0.2, 0.25) is 0 Å². The zero-order valence-corrected chi connectivity index (χ0v) is 23.6. The monoisotopic (exact) mass is 561 g/mol. The summed E-state index contributed by atoms with van der Waals surface area (Å²) in [6, 6.07) is 27.8. The minimum Gasteiger partial charge on any atom is -0.497 e. The second kappa shape index (κ2) is 10.9. The summed E-state index contributed by atoms with van der Waals surface area (Å²) in [5.41, 5.74) is 2.90. The van der Waals surface area contributed by atoms with E-state index in [2.05, 4.69) is 5.32 Å². The van der Waals surface area contributed by atoms with Crippen molar-refractivity contribution in [1.82, 2.24) is 4.57 Å². The Morgan fingerprint density at radius 1 is 0.951 bits per heavy atom. The van der Waals surface area contributed by atoms with Crippen molar-refractivity contribution in [2.24, 2.45) is 4.99 Å². The molecule has 7 nitrogen and oxygen atoms in total. The molecule has 1 N–H and O–H groups in total. The Kier molecular flexibility index (Phi) is 6.99. The lowest BCUT2D eigenvalue weighted by Gasteiger charge is -2.25. The summed E-state index contributed by atoms with van der Waals surface area (Å²) in [6.07, 6.45) is 1.86. The summed E-state index contributed by atoms with van der Waals surface area (Å²) in [7, 11) is 3.21. The molecular formula is C33H27N3O4S. The van der Waals surface area contributed by atoms with E-state index in [1.54, 1.807) is 25.7 Å². The van der Waals surface area contributed by atoms with Crippen LogP contribution in [0.1, 0.15) is 24.1 Å². The van der Waals surface area contributed by atoms with Crippen LogP contribution < -0.4 is 29.7 Å². The number of allylic oxidation sites excluding steroid dienone is 1. The lowest BCUT2D eigenvalue weighted by atomic mass is 9.95. The number of rotatable bonds is 6. The van der Waals surface area contributed by atoms with Gasteiger partial charge < -0.3 is 14.8 Å². The number of aromatic nitrogens is 1. The first-order chi connectivity index (χ1) is 20.0. The van der Waals surface area contributed by atoms with Crippen molar-refractivity contribution in [1.29, 1.82) is 0 Å². The molecule has 1 atom stereocenters. The molecule has 1 aliphatic rings. The summed E-state index contributed by atoms with van der Waals surface area (Å²) in [6.45, 7) is 1.80. The lowest BCUT2D eigenvalue weighted by molar-refractivity contribution is -0.113. The molecule has 0 aliphatic carbocycles. The number of anilines is 1. The van der Waals surface area contributed by atoms with Gasteiger partial charge in [-0.15, -0.1) is 0 Å².